The summed E-state index contributed by atoms with van der Waals surface area (Å²) < 4.78 is 10.6. The number of esters is 1. The smallest absolute Gasteiger partial charge is 0.318 e. The van der Waals surface area contributed by atoms with E-state index in [1.54, 1.807) is 18.9 Å². The average molecular weight is 392 g/mol. The number of fused-ring (bicyclic) bond motifs is 1. The number of rotatable bonds is 8. The first-order valence-corrected chi connectivity index (χ1v) is 10.5. The van der Waals surface area contributed by atoms with E-state index in [1.165, 1.54) is 0 Å². The van der Waals surface area contributed by atoms with Crippen molar-refractivity contribution in [3.63, 3.8) is 0 Å². The van der Waals surface area contributed by atoms with Crippen LogP contribution in [-0.4, -0.2) is 67.5 Å². The van der Waals surface area contributed by atoms with Gasteiger partial charge < -0.3 is 19.3 Å². The summed E-state index contributed by atoms with van der Waals surface area (Å²) in [4.78, 5) is 43.0. The molecule has 1 aliphatic carbocycles. The maximum atomic E-state index is 13.4. The van der Waals surface area contributed by atoms with E-state index in [1.807, 2.05) is 11.0 Å². The van der Waals surface area contributed by atoms with Gasteiger partial charge in [-0.1, -0.05) is 6.08 Å². The average Bonchev–Trinajstić information content (AvgIpc) is 3.30. The minimum Gasteiger partial charge on any atom is -0.465 e. The van der Waals surface area contributed by atoms with Crippen LogP contribution in [0.15, 0.2) is 11.8 Å². The molecule has 0 saturated carbocycles. The molecule has 7 nitrogen and oxygen atoms in total. The summed E-state index contributed by atoms with van der Waals surface area (Å²) >= 11 is 0. The second-order valence-corrected chi connectivity index (χ2v) is 7.85. The van der Waals surface area contributed by atoms with Crippen LogP contribution in [0.2, 0.25) is 0 Å². The molecule has 0 spiro atoms. The molecule has 0 aromatic rings. The summed E-state index contributed by atoms with van der Waals surface area (Å²) in [5.41, 5.74) is -0.272. The number of hydrogen-bond donors (Lipinski definition) is 0. The van der Waals surface area contributed by atoms with Crippen LogP contribution in [0.25, 0.3) is 0 Å². The van der Waals surface area contributed by atoms with E-state index in [0.29, 0.717) is 26.0 Å². The molecule has 0 unspecified atom stereocenters. The normalized spacial score (nSPS) is 27.0. The van der Waals surface area contributed by atoms with E-state index in [0.717, 1.165) is 44.5 Å². The topological polar surface area (TPSA) is 76.1 Å². The fraction of sp³-hybridized carbons (Fsp3) is 0.762. The molecular formula is C21H32N2O5. The van der Waals surface area contributed by atoms with Crippen LogP contribution in [0.4, 0.5) is 0 Å². The van der Waals surface area contributed by atoms with Crippen molar-refractivity contribution in [3.05, 3.63) is 11.8 Å². The maximum absolute atomic E-state index is 13.4. The van der Waals surface area contributed by atoms with Crippen molar-refractivity contribution in [2.45, 2.75) is 51.9 Å². The fourth-order valence-electron chi connectivity index (χ4n) is 4.89. The molecule has 2 heterocycles. The van der Waals surface area contributed by atoms with Crippen LogP contribution in [0.1, 0.15) is 51.9 Å². The van der Waals surface area contributed by atoms with Gasteiger partial charge in [0.15, 0.2) is 0 Å². The lowest BCUT2D eigenvalue weighted by molar-refractivity contribution is -0.158. The molecule has 2 aliphatic heterocycles. The first-order chi connectivity index (χ1) is 13.6. The van der Waals surface area contributed by atoms with Gasteiger partial charge in [-0.15, -0.1) is 0 Å². The number of ether oxygens (including phenoxy) is 2. The minimum atomic E-state index is -1.02. The zero-order valence-corrected chi connectivity index (χ0v) is 17.1. The largest absolute Gasteiger partial charge is 0.465 e. The van der Waals surface area contributed by atoms with Gasteiger partial charge in [0.25, 0.3) is 0 Å². The van der Waals surface area contributed by atoms with Gasteiger partial charge in [-0.25, -0.2) is 0 Å². The Morgan fingerprint density at radius 3 is 2.68 bits per heavy atom. The lowest BCUT2D eigenvalue weighted by Gasteiger charge is -2.35. The van der Waals surface area contributed by atoms with Gasteiger partial charge in [0.05, 0.1) is 12.5 Å². The number of likely N-dealkylation sites (tertiary alicyclic amines) is 2. The zero-order chi connectivity index (χ0) is 20.1. The lowest BCUT2D eigenvalue weighted by atomic mass is 9.68. The zero-order valence-electron chi connectivity index (χ0n) is 17.1. The second kappa shape index (κ2) is 9.07. The Kier molecular flexibility index (Phi) is 6.75. The Morgan fingerprint density at radius 2 is 2.00 bits per heavy atom. The van der Waals surface area contributed by atoms with E-state index in [9.17, 15) is 14.4 Å². The molecule has 3 rings (SSSR count). The van der Waals surface area contributed by atoms with Gasteiger partial charge in [-0.2, -0.15) is 0 Å². The Balaban J connectivity index is 1.92. The number of allylic oxidation sites excluding steroid dienone is 1. The molecule has 0 bridgehead atoms. The number of nitrogens with zero attached hydrogens (tertiary/aromatic N) is 2. The molecule has 2 amide bonds. The summed E-state index contributed by atoms with van der Waals surface area (Å²) in [5.74, 6) is -1.18. The third kappa shape index (κ3) is 3.69. The van der Waals surface area contributed by atoms with Crippen LogP contribution in [0, 0.1) is 11.3 Å². The SMILES string of the molecule is CCOC(=O)[C@]12CCCC=C1N(CCCOC)C(=O)[C@@H]2CC(=O)N1CCCC1. The van der Waals surface area contributed by atoms with Gasteiger partial charge in [-0.05, 0) is 45.4 Å². The van der Waals surface area contributed by atoms with E-state index in [4.69, 9.17) is 9.47 Å². The van der Waals surface area contributed by atoms with Gasteiger partial charge in [0.2, 0.25) is 11.8 Å². The number of carbonyl (C=O) groups excluding carboxylic acids is 3. The lowest BCUT2D eigenvalue weighted by Crippen LogP contribution is -2.43. The molecule has 0 aromatic carbocycles. The Morgan fingerprint density at radius 1 is 1.25 bits per heavy atom. The predicted octanol–water partition coefficient (Wildman–Crippen LogP) is 2.11. The molecule has 2 fully saturated rings. The highest BCUT2D eigenvalue weighted by Gasteiger charge is 2.62. The number of methoxy groups -OCH3 is 1. The highest BCUT2D eigenvalue weighted by molar-refractivity contribution is 5.99. The molecular weight excluding hydrogens is 360 g/mol. The van der Waals surface area contributed by atoms with Crippen molar-refractivity contribution in [2.24, 2.45) is 11.3 Å². The number of carbonyl (C=O) groups is 3. The molecule has 0 aromatic heterocycles. The first-order valence-electron chi connectivity index (χ1n) is 10.5. The minimum absolute atomic E-state index is 0.0248. The van der Waals surface area contributed by atoms with Crippen molar-refractivity contribution >= 4 is 17.8 Å². The monoisotopic (exact) mass is 392 g/mol. The predicted molar refractivity (Wildman–Crippen MR) is 103 cm³/mol. The highest BCUT2D eigenvalue weighted by Crippen LogP contribution is 2.53. The molecule has 3 aliphatic rings. The third-order valence-electron chi connectivity index (χ3n) is 6.23. The molecule has 0 radical (unpaired) electrons. The van der Waals surface area contributed by atoms with Gasteiger partial charge >= 0.3 is 5.97 Å². The van der Waals surface area contributed by atoms with Crippen molar-refractivity contribution in [1.82, 2.24) is 9.80 Å². The molecule has 7 heteroatoms. The summed E-state index contributed by atoms with van der Waals surface area (Å²) in [6, 6.07) is 0. The van der Waals surface area contributed by atoms with Gasteiger partial charge in [0, 0.05) is 45.5 Å². The number of amides is 2. The van der Waals surface area contributed by atoms with Crippen LogP contribution >= 0.6 is 0 Å². The van der Waals surface area contributed by atoms with Gasteiger partial charge in [0.1, 0.15) is 5.41 Å². The summed E-state index contributed by atoms with van der Waals surface area (Å²) in [6.45, 7) is 4.56. The van der Waals surface area contributed by atoms with E-state index >= 15 is 0 Å². The Bertz CT molecular complexity index is 641. The van der Waals surface area contributed by atoms with E-state index in [-0.39, 0.29) is 30.8 Å². The van der Waals surface area contributed by atoms with Gasteiger partial charge in [-0.3, -0.25) is 14.4 Å². The third-order valence-corrected chi connectivity index (χ3v) is 6.23. The Labute approximate surface area is 167 Å². The molecule has 2 atom stereocenters. The molecule has 0 N–H and O–H groups in total. The van der Waals surface area contributed by atoms with Crippen molar-refractivity contribution < 1.29 is 23.9 Å². The molecule has 2 saturated heterocycles. The van der Waals surface area contributed by atoms with E-state index in [2.05, 4.69) is 0 Å². The number of hydrogen-bond acceptors (Lipinski definition) is 5. The van der Waals surface area contributed by atoms with Crippen LogP contribution < -0.4 is 0 Å². The summed E-state index contributed by atoms with van der Waals surface area (Å²) in [5, 5.41) is 0. The van der Waals surface area contributed by atoms with Crippen molar-refractivity contribution in [1.29, 1.82) is 0 Å². The van der Waals surface area contributed by atoms with Crippen LogP contribution in [0.5, 0.6) is 0 Å². The fourth-order valence-corrected chi connectivity index (χ4v) is 4.89. The quantitative estimate of drug-likeness (QED) is 0.467. The molecule has 28 heavy (non-hydrogen) atoms. The second-order valence-electron chi connectivity index (χ2n) is 7.85. The molecule has 156 valence electrons. The maximum Gasteiger partial charge on any atom is 0.318 e. The highest BCUT2D eigenvalue weighted by atomic mass is 16.5. The first kappa shape index (κ1) is 20.8. The van der Waals surface area contributed by atoms with Crippen molar-refractivity contribution in [2.75, 3.05) is 40.0 Å². The van der Waals surface area contributed by atoms with E-state index < -0.39 is 11.3 Å². The van der Waals surface area contributed by atoms with Crippen LogP contribution in [0.3, 0.4) is 0 Å². The standard InChI is InChI=1S/C21H32N2O5/c1-3-28-20(26)21-10-5-4-9-17(21)23(13-8-14-27-2)19(25)16(21)15-18(24)22-11-6-7-12-22/h9,16H,3-8,10-15H2,1-2H3/t16-,21-/m0/s1. The summed E-state index contributed by atoms with van der Waals surface area (Å²) in [7, 11) is 1.63. The van der Waals surface area contributed by atoms with Crippen LogP contribution in [-0.2, 0) is 23.9 Å². The van der Waals surface area contributed by atoms with Crippen molar-refractivity contribution in [3.8, 4) is 0 Å². The summed E-state index contributed by atoms with van der Waals surface area (Å²) in [6.07, 6.45) is 6.98. The Hall–Kier alpha value is -1.89.